The number of likely N-dealkylation sites (N-methyl/N-ethyl adjacent to an activating group) is 1. The van der Waals surface area contributed by atoms with Crippen molar-refractivity contribution in [3.8, 4) is 11.5 Å². The SMILES string of the molecule is CCN(CC(=O)O)C(=O)Nc1cc(OC)c(Cl)cc1OC. The summed E-state index contributed by atoms with van der Waals surface area (Å²) in [7, 11) is 2.88. The Morgan fingerprint density at radius 2 is 1.90 bits per heavy atom. The smallest absolute Gasteiger partial charge is 0.323 e. The number of hydrogen-bond acceptors (Lipinski definition) is 4. The predicted octanol–water partition coefficient (Wildman–Crippen LogP) is 2.30. The van der Waals surface area contributed by atoms with Gasteiger partial charge in [0.1, 0.15) is 18.0 Å². The van der Waals surface area contributed by atoms with Crippen molar-refractivity contribution in [1.82, 2.24) is 4.90 Å². The number of ether oxygens (including phenoxy) is 2. The maximum absolute atomic E-state index is 12.1. The molecule has 0 heterocycles. The summed E-state index contributed by atoms with van der Waals surface area (Å²) >= 11 is 5.97. The van der Waals surface area contributed by atoms with Gasteiger partial charge in [0.15, 0.2) is 0 Å². The number of halogens is 1. The molecule has 7 nitrogen and oxygen atoms in total. The van der Waals surface area contributed by atoms with Crippen LogP contribution in [0.1, 0.15) is 6.92 Å². The Hall–Kier alpha value is -2.15. The maximum atomic E-state index is 12.1. The van der Waals surface area contributed by atoms with E-state index in [1.807, 2.05) is 0 Å². The first kappa shape index (κ1) is 16.9. The Morgan fingerprint density at radius 1 is 1.29 bits per heavy atom. The normalized spacial score (nSPS) is 9.90. The van der Waals surface area contributed by atoms with Gasteiger partial charge in [-0.3, -0.25) is 4.79 Å². The van der Waals surface area contributed by atoms with Gasteiger partial charge >= 0.3 is 12.0 Å². The monoisotopic (exact) mass is 316 g/mol. The number of carboxylic acid groups (broad SMARTS) is 1. The van der Waals surface area contributed by atoms with Crippen molar-refractivity contribution < 1.29 is 24.2 Å². The van der Waals surface area contributed by atoms with Crippen molar-refractivity contribution in [3.05, 3.63) is 17.2 Å². The van der Waals surface area contributed by atoms with Crippen LogP contribution >= 0.6 is 11.6 Å². The molecule has 0 unspecified atom stereocenters. The zero-order chi connectivity index (χ0) is 16.0. The van der Waals surface area contributed by atoms with Crippen LogP contribution in [-0.4, -0.2) is 49.3 Å². The Labute approximate surface area is 127 Å². The first-order valence-corrected chi connectivity index (χ1v) is 6.49. The predicted molar refractivity (Wildman–Crippen MR) is 78.5 cm³/mol. The Bertz CT molecular complexity index is 536. The van der Waals surface area contributed by atoms with Gasteiger partial charge in [0.2, 0.25) is 0 Å². The van der Waals surface area contributed by atoms with Gasteiger partial charge in [-0.05, 0) is 6.92 Å². The number of carbonyl (C=O) groups is 2. The summed E-state index contributed by atoms with van der Waals surface area (Å²) < 4.78 is 10.2. The Balaban J connectivity index is 3.00. The van der Waals surface area contributed by atoms with Crippen LogP contribution < -0.4 is 14.8 Å². The van der Waals surface area contributed by atoms with Crippen molar-refractivity contribution in [2.24, 2.45) is 0 Å². The molecule has 0 aromatic heterocycles. The maximum Gasteiger partial charge on any atom is 0.323 e. The number of anilines is 1. The molecule has 0 spiro atoms. The minimum Gasteiger partial charge on any atom is -0.495 e. The summed E-state index contributed by atoms with van der Waals surface area (Å²) in [5.41, 5.74) is 0.340. The molecule has 0 saturated carbocycles. The van der Waals surface area contributed by atoms with Crippen LogP contribution in [-0.2, 0) is 4.79 Å². The summed E-state index contributed by atoms with van der Waals surface area (Å²) in [6.07, 6.45) is 0. The van der Waals surface area contributed by atoms with Gasteiger partial charge in [0, 0.05) is 18.7 Å². The molecular formula is C13H17ClN2O5. The number of carboxylic acids is 1. The molecule has 1 aromatic rings. The summed E-state index contributed by atoms with van der Waals surface area (Å²) in [5, 5.41) is 11.7. The summed E-state index contributed by atoms with van der Waals surface area (Å²) in [4.78, 5) is 23.9. The second-order valence-electron chi connectivity index (χ2n) is 4.03. The lowest BCUT2D eigenvalue weighted by atomic mass is 10.2. The van der Waals surface area contributed by atoms with Crippen LogP contribution in [0.4, 0.5) is 10.5 Å². The van der Waals surface area contributed by atoms with E-state index in [1.54, 1.807) is 6.92 Å². The fourth-order valence-corrected chi connectivity index (χ4v) is 1.87. The Kier molecular flexibility index (Phi) is 6.10. The number of methoxy groups -OCH3 is 2. The minimum absolute atomic E-state index is 0.255. The molecule has 0 aliphatic rings. The number of nitrogens with zero attached hydrogens (tertiary/aromatic N) is 1. The molecule has 0 radical (unpaired) electrons. The van der Waals surface area contributed by atoms with Crippen molar-refractivity contribution in [2.45, 2.75) is 6.92 Å². The largest absolute Gasteiger partial charge is 0.495 e. The van der Waals surface area contributed by atoms with E-state index in [0.29, 0.717) is 22.2 Å². The third-order valence-electron chi connectivity index (χ3n) is 2.71. The van der Waals surface area contributed by atoms with Crippen LogP contribution in [0.15, 0.2) is 12.1 Å². The number of benzene rings is 1. The van der Waals surface area contributed by atoms with Gasteiger partial charge in [0.05, 0.1) is 24.9 Å². The molecular weight excluding hydrogens is 300 g/mol. The molecule has 0 saturated heterocycles. The fourth-order valence-electron chi connectivity index (χ4n) is 1.64. The van der Waals surface area contributed by atoms with Crippen LogP contribution in [0.2, 0.25) is 5.02 Å². The molecule has 0 fully saturated rings. The molecule has 21 heavy (non-hydrogen) atoms. The lowest BCUT2D eigenvalue weighted by Gasteiger charge is -2.20. The van der Waals surface area contributed by atoms with Gasteiger partial charge in [-0.1, -0.05) is 11.6 Å². The van der Waals surface area contributed by atoms with Gasteiger partial charge in [0.25, 0.3) is 0 Å². The van der Waals surface area contributed by atoms with Gasteiger partial charge in [-0.25, -0.2) is 4.79 Å². The van der Waals surface area contributed by atoms with E-state index < -0.39 is 18.5 Å². The lowest BCUT2D eigenvalue weighted by molar-refractivity contribution is -0.137. The summed E-state index contributed by atoms with van der Waals surface area (Å²) in [5.74, 6) is -0.373. The van der Waals surface area contributed by atoms with Crippen molar-refractivity contribution in [3.63, 3.8) is 0 Å². The molecule has 2 N–H and O–H groups in total. The highest BCUT2D eigenvalue weighted by Crippen LogP contribution is 2.35. The highest BCUT2D eigenvalue weighted by Gasteiger charge is 2.18. The molecule has 2 amide bonds. The first-order valence-electron chi connectivity index (χ1n) is 6.12. The van der Waals surface area contributed by atoms with Crippen molar-refractivity contribution in [1.29, 1.82) is 0 Å². The second-order valence-corrected chi connectivity index (χ2v) is 4.43. The average molecular weight is 317 g/mol. The van der Waals surface area contributed by atoms with Gasteiger partial charge in [-0.2, -0.15) is 0 Å². The van der Waals surface area contributed by atoms with Crippen LogP contribution in [0.5, 0.6) is 11.5 Å². The summed E-state index contributed by atoms with van der Waals surface area (Å²) in [6, 6.07) is 2.46. The van der Waals surface area contributed by atoms with E-state index in [9.17, 15) is 9.59 Å². The van der Waals surface area contributed by atoms with E-state index in [-0.39, 0.29) is 6.54 Å². The van der Waals surface area contributed by atoms with E-state index >= 15 is 0 Å². The molecule has 116 valence electrons. The number of nitrogens with one attached hydrogen (secondary N) is 1. The third-order valence-corrected chi connectivity index (χ3v) is 3.01. The van der Waals surface area contributed by atoms with E-state index in [2.05, 4.69) is 5.32 Å². The third kappa shape index (κ3) is 4.42. The van der Waals surface area contributed by atoms with Crippen LogP contribution in [0.3, 0.4) is 0 Å². The number of aliphatic carboxylic acids is 1. The Morgan fingerprint density at radius 3 is 2.38 bits per heavy atom. The standard InChI is InChI=1S/C13H17ClN2O5/c1-4-16(7-12(17)18)13(19)15-9-6-10(20-2)8(14)5-11(9)21-3/h5-6H,4,7H2,1-3H3,(H,15,19)(H,17,18). The van der Waals surface area contributed by atoms with Crippen LogP contribution in [0.25, 0.3) is 0 Å². The molecule has 0 atom stereocenters. The van der Waals surface area contributed by atoms with Crippen LogP contribution in [0, 0.1) is 0 Å². The highest BCUT2D eigenvalue weighted by atomic mass is 35.5. The number of carbonyl (C=O) groups excluding carboxylic acids is 1. The zero-order valence-electron chi connectivity index (χ0n) is 12.0. The van der Waals surface area contributed by atoms with Gasteiger partial charge < -0.3 is 24.8 Å². The average Bonchev–Trinajstić information content (AvgIpc) is 2.45. The van der Waals surface area contributed by atoms with E-state index in [1.165, 1.54) is 26.4 Å². The molecule has 8 heteroatoms. The van der Waals surface area contributed by atoms with Crippen molar-refractivity contribution >= 4 is 29.3 Å². The quantitative estimate of drug-likeness (QED) is 0.840. The number of amides is 2. The zero-order valence-corrected chi connectivity index (χ0v) is 12.7. The highest BCUT2D eigenvalue weighted by molar-refractivity contribution is 6.32. The minimum atomic E-state index is -1.09. The first-order chi connectivity index (χ1) is 9.92. The number of hydrogen-bond donors (Lipinski definition) is 2. The molecule has 1 aromatic carbocycles. The van der Waals surface area contributed by atoms with E-state index in [0.717, 1.165) is 4.90 Å². The summed E-state index contributed by atoms with van der Waals surface area (Å²) in [6.45, 7) is 1.54. The molecule has 0 aliphatic heterocycles. The van der Waals surface area contributed by atoms with E-state index in [4.69, 9.17) is 26.2 Å². The fraction of sp³-hybridized carbons (Fsp3) is 0.385. The number of rotatable bonds is 6. The van der Waals surface area contributed by atoms with Crippen molar-refractivity contribution in [2.75, 3.05) is 32.6 Å². The molecule has 1 rings (SSSR count). The molecule has 0 bridgehead atoms. The number of urea groups is 1. The van der Waals surface area contributed by atoms with Gasteiger partial charge in [-0.15, -0.1) is 0 Å². The second kappa shape index (κ2) is 7.58. The topological polar surface area (TPSA) is 88.1 Å². The lowest BCUT2D eigenvalue weighted by Crippen LogP contribution is -2.38. The molecule has 0 aliphatic carbocycles.